The topological polar surface area (TPSA) is 61.2 Å². The van der Waals surface area contributed by atoms with Gasteiger partial charge in [0, 0.05) is 28.8 Å². The molecule has 1 aromatic carbocycles. The van der Waals surface area contributed by atoms with Crippen LogP contribution in [0.3, 0.4) is 0 Å². The number of thioether (sulfide) groups is 1. The Bertz CT molecular complexity index is 625. The van der Waals surface area contributed by atoms with Gasteiger partial charge in [-0.2, -0.15) is 17.0 Å². The summed E-state index contributed by atoms with van der Waals surface area (Å²) in [7, 11) is -3.14. The molecule has 102 valence electrons. The molecule has 1 unspecified atom stereocenters. The lowest BCUT2D eigenvalue weighted by atomic mass is 10.2. The Balaban J connectivity index is 2.41. The zero-order chi connectivity index (χ0) is 14.0. The van der Waals surface area contributed by atoms with Crippen LogP contribution in [-0.2, 0) is 9.84 Å². The number of sulfone groups is 1. The maximum atomic E-state index is 11.9. The molecule has 1 heterocycles. The van der Waals surface area contributed by atoms with Gasteiger partial charge >= 0.3 is 0 Å². The Morgan fingerprint density at radius 2 is 2.26 bits per heavy atom. The molecule has 1 saturated heterocycles. The monoisotopic (exact) mass is 360 g/mol. The molecule has 7 heteroatoms. The molecule has 1 aromatic rings. The molecule has 0 radical (unpaired) electrons. The van der Waals surface area contributed by atoms with Gasteiger partial charge in [0.25, 0.3) is 0 Å². The largest absolute Gasteiger partial charge is 0.353 e. The van der Waals surface area contributed by atoms with Crippen molar-refractivity contribution in [2.24, 2.45) is 0 Å². The Hall–Kier alpha value is -0.710. The summed E-state index contributed by atoms with van der Waals surface area (Å²) < 4.78 is 24.5. The maximum absolute atomic E-state index is 11.9. The van der Waals surface area contributed by atoms with Crippen LogP contribution in [0.15, 0.2) is 22.7 Å². The van der Waals surface area contributed by atoms with Crippen molar-refractivity contribution in [2.75, 3.05) is 29.2 Å². The quantitative estimate of drug-likeness (QED) is 0.809. The molecule has 1 atom stereocenters. The van der Waals surface area contributed by atoms with E-state index >= 15 is 0 Å². The van der Waals surface area contributed by atoms with Gasteiger partial charge in [-0.3, -0.25) is 0 Å². The average Bonchev–Trinajstić information content (AvgIpc) is 2.37. The Morgan fingerprint density at radius 1 is 1.53 bits per heavy atom. The van der Waals surface area contributed by atoms with E-state index in [9.17, 15) is 8.42 Å². The van der Waals surface area contributed by atoms with E-state index in [1.54, 1.807) is 30.0 Å². The lowest BCUT2D eigenvalue weighted by Gasteiger charge is -2.36. The van der Waals surface area contributed by atoms with Gasteiger partial charge in [-0.15, -0.1) is 0 Å². The zero-order valence-electron chi connectivity index (χ0n) is 10.3. The highest BCUT2D eigenvalue weighted by molar-refractivity contribution is 9.10. The predicted octanol–water partition coefficient (Wildman–Crippen LogP) is 2.24. The van der Waals surface area contributed by atoms with Gasteiger partial charge in [0.15, 0.2) is 9.84 Å². The third-order valence-corrected chi connectivity index (χ3v) is 6.24. The molecule has 4 nitrogen and oxygen atoms in total. The minimum atomic E-state index is -3.14. The van der Waals surface area contributed by atoms with E-state index in [1.165, 1.54) is 6.26 Å². The molecule has 1 aliphatic heterocycles. The van der Waals surface area contributed by atoms with Crippen LogP contribution in [0.2, 0.25) is 0 Å². The van der Waals surface area contributed by atoms with Crippen molar-refractivity contribution in [3.63, 3.8) is 0 Å². The van der Waals surface area contributed by atoms with Crippen LogP contribution < -0.4 is 4.90 Å². The first-order chi connectivity index (χ1) is 8.93. The van der Waals surface area contributed by atoms with Gasteiger partial charge in [-0.25, -0.2) is 8.42 Å². The Labute approximate surface area is 125 Å². The number of rotatable bonds is 2. The summed E-state index contributed by atoms with van der Waals surface area (Å²) in [5.74, 6) is 1.48. The fourth-order valence-electron chi connectivity index (χ4n) is 2.02. The van der Waals surface area contributed by atoms with E-state index in [1.807, 2.05) is 4.90 Å². The van der Waals surface area contributed by atoms with Crippen LogP contribution >= 0.6 is 27.7 Å². The second kappa shape index (κ2) is 5.73. The van der Waals surface area contributed by atoms with Gasteiger partial charge in [0.05, 0.1) is 17.3 Å². The first-order valence-electron chi connectivity index (χ1n) is 5.66. The van der Waals surface area contributed by atoms with E-state index in [0.717, 1.165) is 15.9 Å². The molecule has 1 aliphatic rings. The van der Waals surface area contributed by atoms with Crippen molar-refractivity contribution >= 4 is 43.2 Å². The number of benzene rings is 1. The Morgan fingerprint density at radius 3 is 2.84 bits per heavy atom. The second-order valence-corrected chi connectivity index (χ2v) is 8.54. The highest BCUT2D eigenvalue weighted by Gasteiger charge is 2.32. The molecule has 0 bridgehead atoms. The van der Waals surface area contributed by atoms with Crippen LogP contribution in [0, 0.1) is 11.3 Å². The average molecular weight is 361 g/mol. The third-order valence-electron chi connectivity index (χ3n) is 2.97. The predicted molar refractivity (Wildman–Crippen MR) is 82.2 cm³/mol. The van der Waals surface area contributed by atoms with Crippen molar-refractivity contribution < 1.29 is 8.42 Å². The lowest BCUT2D eigenvalue weighted by Crippen LogP contribution is -2.47. The summed E-state index contributed by atoms with van der Waals surface area (Å²) in [5, 5.41) is 8.36. The van der Waals surface area contributed by atoms with Gasteiger partial charge < -0.3 is 4.90 Å². The van der Waals surface area contributed by atoms with E-state index in [2.05, 4.69) is 22.0 Å². The molecule has 0 N–H and O–H groups in total. The highest BCUT2D eigenvalue weighted by atomic mass is 79.9. The van der Waals surface area contributed by atoms with Gasteiger partial charge in [0.1, 0.15) is 5.37 Å². The van der Waals surface area contributed by atoms with Crippen LogP contribution in [-0.4, -0.2) is 38.1 Å². The van der Waals surface area contributed by atoms with Crippen LogP contribution in [0.5, 0.6) is 0 Å². The maximum Gasteiger partial charge on any atom is 0.169 e. The smallest absolute Gasteiger partial charge is 0.169 e. The molecule has 0 saturated carbocycles. The van der Waals surface area contributed by atoms with Crippen molar-refractivity contribution in [2.45, 2.75) is 5.37 Å². The highest BCUT2D eigenvalue weighted by Crippen LogP contribution is 2.33. The molecule has 19 heavy (non-hydrogen) atoms. The van der Waals surface area contributed by atoms with Crippen molar-refractivity contribution in [3.8, 4) is 6.07 Å². The fraction of sp³-hybridized carbons (Fsp3) is 0.417. The SMILES string of the molecule is CS(=O)(=O)C1CSCCN1c1ccc(C#N)cc1Br. The van der Waals surface area contributed by atoms with Crippen LogP contribution in [0.25, 0.3) is 0 Å². The van der Waals surface area contributed by atoms with Gasteiger partial charge in [-0.05, 0) is 34.1 Å². The third kappa shape index (κ3) is 3.25. The van der Waals surface area contributed by atoms with Crippen molar-refractivity contribution in [1.29, 1.82) is 5.26 Å². The number of nitrogens with zero attached hydrogens (tertiary/aromatic N) is 2. The molecule has 1 fully saturated rings. The molecule has 0 aromatic heterocycles. The van der Waals surface area contributed by atoms with Gasteiger partial charge in [0.2, 0.25) is 0 Å². The van der Waals surface area contributed by atoms with E-state index in [-0.39, 0.29) is 0 Å². The molecule has 0 spiro atoms. The summed E-state index contributed by atoms with van der Waals surface area (Å²) >= 11 is 5.08. The summed E-state index contributed by atoms with van der Waals surface area (Å²) in [4.78, 5) is 1.90. The van der Waals surface area contributed by atoms with E-state index in [0.29, 0.717) is 17.9 Å². The normalized spacial score (nSPS) is 20.1. The van der Waals surface area contributed by atoms with Gasteiger partial charge in [-0.1, -0.05) is 0 Å². The minimum Gasteiger partial charge on any atom is -0.353 e. The zero-order valence-corrected chi connectivity index (χ0v) is 13.6. The molecular weight excluding hydrogens is 348 g/mol. The van der Waals surface area contributed by atoms with Crippen molar-refractivity contribution in [1.82, 2.24) is 0 Å². The van der Waals surface area contributed by atoms with Crippen molar-refractivity contribution in [3.05, 3.63) is 28.2 Å². The molecule has 0 aliphatic carbocycles. The number of anilines is 1. The Kier molecular flexibility index (Phi) is 4.43. The standard InChI is InChI=1S/C12H13BrN2O2S2/c1-19(16,17)12-8-18-5-4-15(12)11-3-2-9(7-14)6-10(11)13/h2-3,6,12H,4-5,8H2,1H3. The molecule has 0 amide bonds. The minimum absolute atomic E-state index is 0.504. The first-order valence-corrected chi connectivity index (χ1v) is 9.56. The number of nitriles is 1. The number of hydrogen-bond donors (Lipinski definition) is 0. The second-order valence-electron chi connectivity index (χ2n) is 4.33. The van der Waals surface area contributed by atoms with E-state index < -0.39 is 15.2 Å². The molecule has 2 rings (SSSR count). The van der Waals surface area contributed by atoms with Crippen LogP contribution in [0.4, 0.5) is 5.69 Å². The first kappa shape index (κ1) is 14.7. The molecular formula is C12H13BrN2O2S2. The lowest BCUT2D eigenvalue weighted by molar-refractivity contribution is 0.584. The number of halogens is 1. The summed E-state index contributed by atoms with van der Waals surface area (Å²) in [5.41, 5.74) is 1.38. The number of hydrogen-bond acceptors (Lipinski definition) is 5. The summed E-state index contributed by atoms with van der Waals surface area (Å²) in [6, 6.07) is 7.30. The van der Waals surface area contributed by atoms with Crippen LogP contribution in [0.1, 0.15) is 5.56 Å². The summed E-state index contributed by atoms with van der Waals surface area (Å²) in [6.45, 7) is 0.687. The summed E-state index contributed by atoms with van der Waals surface area (Å²) in [6.07, 6.45) is 1.27. The fourth-order valence-corrected chi connectivity index (χ4v) is 5.46. The van der Waals surface area contributed by atoms with E-state index in [4.69, 9.17) is 5.26 Å².